The zero-order valence-corrected chi connectivity index (χ0v) is 17.8. The van der Waals surface area contributed by atoms with Gasteiger partial charge in [0.15, 0.2) is 5.96 Å². The number of benzene rings is 1. The van der Waals surface area contributed by atoms with Gasteiger partial charge in [-0.15, -0.1) is 24.0 Å². The molecule has 2 N–H and O–H groups in total. The lowest BCUT2D eigenvalue weighted by Gasteiger charge is -2.15. The molecule has 6 nitrogen and oxygen atoms in total. The lowest BCUT2D eigenvalue weighted by molar-refractivity contribution is -0.0504. The van der Waals surface area contributed by atoms with Gasteiger partial charge in [-0.25, -0.2) is 4.98 Å². The second-order valence-electron chi connectivity index (χ2n) is 5.12. The Morgan fingerprint density at radius 1 is 1.22 bits per heavy atom. The van der Waals surface area contributed by atoms with Gasteiger partial charge in [-0.1, -0.05) is 17.7 Å². The van der Waals surface area contributed by atoms with Gasteiger partial charge < -0.3 is 20.1 Å². The first-order valence-electron chi connectivity index (χ1n) is 7.68. The van der Waals surface area contributed by atoms with E-state index in [9.17, 15) is 8.78 Å². The number of methoxy groups -OCH3 is 1. The second kappa shape index (κ2) is 11.8. The van der Waals surface area contributed by atoms with Gasteiger partial charge in [-0.05, 0) is 29.8 Å². The largest absolute Gasteiger partial charge is 0.497 e. The number of nitrogens with one attached hydrogen (secondary N) is 2. The van der Waals surface area contributed by atoms with Crippen LogP contribution in [0.25, 0.3) is 0 Å². The van der Waals surface area contributed by atoms with Crippen LogP contribution in [0.5, 0.6) is 11.5 Å². The predicted octanol–water partition coefficient (Wildman–Crippen LogP) is 3.83. The minimum atomic E-state index is -2.91. The van der Waals surface area contributed by atoms with Gasteiger partial charge in [0, 0.05) is 31.9 Å². The highest BCUT2D eigenvalue weighted by Gasteiger charge is 2.11. The molecule has 0 aliphatic carbocycles. The smallest absolute Gasteiger partial charge is 0.387 e. The molecule has 0 radical (unpaired) electrons. The molecule has 0 saturated heterocycles. The fraction of sp³-hybridized carbons (Fsp3) is 0.294. The summed E-state index contributed by atoms with van der Waals surface area (Å²) in [7, 11) is 3.11. The molecule has 0 unspecified atom stereocenters. The van der Waals surface area contributed by atoms with Crippen LogP contribution in [0, 0.1) is 0 Å². The van der Waals surface area contributed by atoms with E-state index in [1.807, 2.05) is 6.07 Å². The molecule has 1 aromatic heterocycles. The van der Waals surface area contributed by atoms with Crippen molar-refractivity contribution in [3.05, 3.63) is 52.8 Å². The molecule has 0 aliphatic heterocycles. The number of aromatic nitrogens is 1. The first-order chi connectivity index (χ1) is 12.5. The van der Waals surface area contributed by atoms with Crippen LogP contribution >= 0.6 is 35.6 Å². The molecule has 1 heterocycles. The number of halogens is 4. The molecule has 1 aromatic carbocycles. The second-order valence-corrected chi connectivity index (χ2v) is 5.51. The third-order valence-corrected chi connectivity index (χ3v) is 3.63. The maximum absolute atomic E-state index is 12.6. The number of hydrogen-bond acceptors (Lipinski definition) is 4. The first-order valence-corrected chi connectivity index (χ1v) is 8.06. The molecular formula is C17H20ClF2IN4O2. The van der Waals surface area contributed by atoms with Crippen molar-refractivity contribution in [1.82, 2.24) is 15.6 Å². The molecule has 0 fully saturated rings. The Morgan fingerprint density at radius 3 is 2.56 bits per heavy atom. The van der Waals surface area contributed by atoms with Crippen LogP contribution in [-0.2, 0) is 13.1 Å². The Hall–Kier alpha value is -1.88. The summed E-state index contributed by atoms with van der Waals surface area (Å²) in [5.74, 6) is 1.11. The number of hydrogen-bond donors (Lipinski definition) is 2. The van der Waals surface area contributed by atoms with E-state index in [0.29, 0.717) is 29.0 Å². The van der Waals surface area contributed by atoms with Gasteiger partial charge >= 0.3 is 6.61 Å². The maximum atomic E-state index is 12.6. The van der Waals surface area contributed by atoms with Crippen LogP contribution in [0.4, 0.5) is 8.78 Å². The van der Waals surface area contributed by atoms with E-state index in [-0.39, 0.29) is 36.3 Å². The molecule has 0 saturated carbocycles. The quantitative estimate of drug-likeness (QED) is 0.256. The molecule has 2 aromatic rings. The van der Waals surface area contributed by atoms with Crippen LogP contribution in [0.3, 0.4) is 0 Å². The van der Waals surface area contributed by atoms with Gasteiger partial charge in [0.2, 0.25) is 0 Å². The fourth-order valence-electron chi connectivity index (χ4n) is 2.13. The van der Waals surface area contributed by atoms with Crippen LogP contribution in [-0.4, -0.2) is 31.7 Å². The third-order valence-electron chi connectivity index (χ3n) is 3.40. The van der Waals surface area contributed by atoms with Crippen LogP contribution in [0.2, 0.25) is 5.15 Å². The zero-order chi connectivity index (χ0) is 18.9. The summed E-state index contributed by atoms with van der Waals surface area (Å²) in [6.45, 7) is -2.21. The van der Waals surface area contributed by atoms with Gasteiger partial charge in [0.1, 0.15) is 16.7 Å². The van der Waals surface area contributed by atoms with Crippen molar-refractivity contribution < 1.29 is 18.3 Å². The zero-order valence-electron chi connectivity index (χ0n) is 14.7. The summed E-state index contributed by atoms with van der Waals surface area (Å²) in [4.78, 5) is 8.10. The summed E-state index contributed by atoms with van der Waals surface area (Å²) in [5, 5.41) is 6.56. The van der Waals surface area contributed by atoms with Crippen molar-refractivity contribution in [2.75, 3.05) is 14.2 Å². The number of guanidine groups is 1. The van der Waals surface area contributed by atoms with E-state index < -0.39 is 6.61 Å². The summed E-state index contributed by atoms with van der Waals surface area (Å²) in [6.07, 6.45) is 1.65. The normalized spacial score (nSPS) is 11.0. The highest BCUT2D eigenvalue weighted by atomic mass is 127. The Balaban J connectivity index is 0.00000364. The minimum Gasteiger partial charge on any atom is -0.497 e. The maximum Gasteiger partial charge on any atom is 0.387 e. The Labute approximate surface area is 178 Å². The monoisotopic (exact) mass is 512 g/mol. The van der Waals surface area contributed by atoms with Crippen molar-refractivity contribution in [2.45, 2.75) is 19.7 Å². The molecule has 10 heteroatoms. The fourth-order valence-corrected chi connectivity index (χ4v) is 2.24. The number of nitrogens with zero attached hydrogens (tertiary/aromatic N) is 2. The number of rotatable bonds is 7. The van der Waals surface area contributed by atoms with Crippen molar-refractivity contribution in [3.8, 4) is 11.5 Å². The molecule has 0 aliphatic rings. The molecule has 27 heavy (non-hydrogen) atoms. The summed E-state index contributed by atoms with van der Waals surface area (Å²) in [5.41, 5.74) is 1.43. The summed E-state index contributed by atoms with van der Waals surface area (Å²) < 4.78 is 34.8. The van der Waals surface area contributed by atoms with Crippen molar-refractivity contribution in [1.29, 1.82) is 0 Å². The predicted molar refractivity (Wildman–Crippen MR) is 111 cm³/mol. The molecule has 0 amide bonds. The average Bonchev–Trinajstić information content (AvgIpc) is 2.64. The van der Waals surface area contributed by atoms with Crippen molar-refractivity contribution >= 4 is 41.5 Å². The molecular weight excluding hydrogens is 493 g/mol. The number of alkyl halides is 2. The number of aliphatic imine (C=N–C) groups is 1. The highest BCUT2D eigenvalue weighted by molar-refractivity contribution is 14.0. The topological polar surface area (TPSA) is 67.8 Å². The average molecular weight is 513 g/mol. The van der Waals surface area contributed by atoms with Gasteiger partial charge in [0.25, 0.3) is 0 Å². The molecule has 0 atom stereocenters. The Bertz CT molecular complexity index is 748. The molecule has 2 rings (SSSR count). The van der Waals surface area contributed by atoms with E-state index in [1.165, 1.54) is 13.2 Å². The van der Waals surface area contributed by atoms with Crippen LogP contribution in [0.15, 0.2) is 41.5 Å². The van der Waals surface area contributed by atoms with Crippen LogP contribution < -0.4 is 20.1 Å². The van der Waals surface area contributed by atoms with E-state index >= 15 is 0 Å². The molecule has 0 bridgehead atoms. The molecule has 148 valence electrons. The first kappa shape index (κ1) is 23.2. The van der Waals surface area contributed by atoms with Crippen molar-refractivity contribution in [2.24, 2.45) is 4.99 Å². The van der Waals surface area contributed by atoms with Crippen molar-refractivity contribution in [3.63, 3.8) is 0 Å². The van der Waals surface area contributed by atoms with Gasteiger partial charge in [-0.2, -0.15) is 8.78 Å². The Morgan fingerprint density at radius 2 is 1.96 bits per heavy atom. The van der Waals surface area contributed by atoms with E-state index in [0.717, 1.165) is 5.56 Å². The van der Waals surface area contributed by atoms with E-state index in [2.05, 4.69) is 25.3 Å². The summed E-state index contributed by atoms with van der Waals surface area (Å²) >= 11 is 5.75. The molecule has 0 spiro atoms. The summed E-state index contributed by atoms with van der Waals surface area (Å²) in [6, 6.07) is 8.16. The Kier molecular flexibility index (Phi) is 10.1. The standard InChI is InChI=1S/C17H19ClF2N4O2.HI/c1-21-17(23-9-11-3-6-15(18)22-8-11)24-10-12-7-13(25-2)4-5-14(12)26-16(19)20;/h3-8,16H,9-10H2,1-2H3,(H2,21,23,24);1H. The highest BCUT2D eigenvalue weighted by Crippen LogP contribution is 2.25. The number of pyridine rings is 1. The lowest BCUT2D eigenvalue weighted by Crippen LogP contribution is -2.36. The minimum absolute atomic E-state index is 0. The lowest BCUT2D eigenvalue weighted by atomic mass is 10.2. The van der Waals surface area contributed by atoms with E-state index in [4.69, 9.17) is 16.3 Å². The van der Waals surface area contributed by atoms with Crippen LogP contribution in [0.1, 0.15) is 11.1 Å². The van der Waals surface area contributed by atoms with Gasteiger partial charge in [-0.3, -0.25) is 4.99 Å². The SMILES string of the molecule is CN=C(NCc1ccc(Cl)nc1)NCc1cc(OC)ccc1OC(F)F.I. The van der Waals surface area contributed by atoms with E-state index in [1.54, 1.807) is 31.4 Å². The van der Waals surface area contributed by atoms with Gasteiger partial charge in [0.05, 0.1) is 7.11 Å². The third kappa shape index (κ3) is 7.71. The number of ether oxygens (including phenoxy) is 2.